The van der Waals surface area contributed by atoms with Gasteiger partial charge in [-0.15, -0.1) is 0 Å². The van der Waals surface area contributed by atoms with Gasteiger partial charge in [-0.3, -0.25) is 5.01 Å². The highest BCUT2D eigenvalue weighted by molar-refractivity contribution is 9.10. The fourth-order valence-electron chi connectivity index (χ4n) is 4.90. The predicted molar refractivity (Wildman–Crippen MR) is 156 cm³/mol. The van der Waals surface area contributed by atoms with Crippen LogP contribution in [0.3, 0.4) is 0 Å². The van der Waals surface area contributed by atoms with Crippen molar-refractivity contribution in [3.8, 4) is 0 Å². The van der Waals surface area contributed by atoms with Gasteiger partial charge in [0.15, 0.2) is 0 Å². The maximum atomic E-state index is 5.12. The van der Waals surface area contributed by atoms with Gasteiger partial charge in [-0.05, 0) is 63.0 Å². The number of fused-ring (bicyclic) bond motifs is 2. The summed E-state index contributed by atoms with van der Waals surface area (Å²) in [5.41, 5.74) is 4.59. The Hall–Kier alpha value is -3.21. The maximum Gasteiger partial charge on any atom is 0.0848 e. The number of para-hydroxylation sites is 1. The second-order valence-electron chi connectivity index (χ2n) is 8.69. The van der Waals surface area contributed by atoms with Crippen molar-refractivity contribution in [2.45, 2.75) is 12.5 Å². The van der Waals surface area contributed by atoms with Crippen LogP contribution < -0.4 is 5.01 Å². The van der Waals surface area contributed by atoms with Crippen molar-refractivity contribution < 1.29 is 0 Å². The zero-order valence-corrected chi connectivity index (χ0v) is 22.1. The molecule has 0 amide bonds. The molecular weight excluding hydrogens is 560 g/mol. The SMILES string of the molecule is Brc1ccc2ccccc2c1/C=C/C1=NN(c2ccccc2)C(c2c(Br)ccc3ccccc23)C1. The average Bonchev–Trinajstić information content (AvgIpc) is 3.32. The van der Waals surface area contributed by atoms with Crippen molar-refractivity contribution in [1.82, 2.24) is 0 Å². The van der Waals surface area contributed by atoms with Crippen LogP contribution >= 0.6 is 31.9 Å². The lowest BCUT2D eigenvalue weighted by Crippen LogP contribution is -2.19. The van der Waals surface area contributed by atoms with E-state index in [-0.39, 0.29) is 6.04 Å². The molecule has 0 spiro atoms. The molecule has 0 aliphatic carbocycles. The molecule has 4 heteroatoms. The molecule has 0 N–H and O–H groups in total. The van der Waals surface area contributed by atoms with Crippen LogP contribution in [0, 0.1) is 0 Å². The van der Waals surface area contributed by atoms with Gasteiger partial charge in [0.1, 0.15) is 0 Å². The summed E-state index contributed by atoms with van der Waals surface area (Å²) in [6.45, 7) is 0. The van der Waals surface area contributed by atoms with E-state index in [4.69, 9.17) is 5.10 Å². The van der Waals surface area contributed by atoms with Gasteiger partial charge < -0.3 is 0 Å². The first-order valence-electron chi connectivity index (χ1n) is 11.6. The number of rotatable bonds is 4. The van der Waals surface area contributed by atoms with Gasteiger partial charge >= 0.3 is 0 Å². The van der Waals surface area contributed by atoms with E-state index in [0.29, 0.717) is 0 Å². The Kier molecular flexibility index (Phi) is 6.01. The summed E-state index contributed by atoms with van der Waals surface area (Å²) in [7, 11) is 0. The third kappa shape index (κ3) is 4.22. The first-order valence-corrected chi connectivity index (χ1v) is 13.2. The molecule has 0 fully saturated rings. The van der Waals surface area contributed by atoms with E-state index in [2.05, 4.69) is 146 Å². The molecule has 1 aliphatic heterocycles. The van der Waals surface area contributed by atoms with Crippen molar-refractivity contribution in [3.63, 3.8) is 0 Å². The number of hydrogen-bond acceptors (Lipinski definition) is 2. The number of halogens is 2. The fraction of sp³-hybridized carbons (Fsp3) is 0.0645. The van der Waals surface area contributed by atoms with Crippen LogP contribution in [-0.4, -0.2) is 5.71 Å². The van der Waals surface area contributed by atoms with Crippen LogP contribution in [0.15, 0.2) is 123 Å². The first-order chi connectivity index (χ1) is 17.2. The van der Waals surface area contributed by atoms with Gasteiger partial charge in [-0.2, -0.15) is 5.10 Å². The van der Waals surface area contributed by atoms with Gasteiger partial charge in [-0.1, -0.05) is 117 Å². The summed E-state index contributed by atoms with van der Waals surface area (Å²) >= 11 is 7.61. The normalized spacial score (nSPS) is 15.9. The lowest BCUT2D eigenvalue weighted by Gasteiger charge is -2.26. The summed E-state index contributed by atoms with van der Waals surface area (Å²) in [6, 6.07) is 36.2. The molecule has 0 saturated heterocycles. The number of hydrogen-bond donors (Lipinski definition) is 0. The predicted octanol–water partition coefficient (Wildman–Crippen LogP) is 9.54. The summed E-state index contributed by atoms with van der Waals surface area (Å²) in [4.78, 5) is 0. The van der Waals surface area contributed by atoms with E-state index in [1.54, 1.807) is 0 Å². The molecule has 5 aromatic rings. The van der Waals surface area contributed by atoms with Crippen molar-refractivity contribution in [2.24, 2.45) is 5.10 Å². The summed E-state index contributed by atoms with van der Waals surface area (Å²) < 4.78 is 2.19. The Balaban J connectivity index is 1.44. The Labute approximate surface area is 221 Å². The molecule has 1 unspecified atom stereocenters. The summed E-state index contributed by atoms with van der Waals surface area (Å²) in [6.07, 6.45) is 5.18. The van der Waals surface area contributed by atoms with E-state index >= 15 is 0 Å². The highest BCUT2D eigenvalue weighted by atomic mass is 79.9. The van der Waals surface area contributed by atoms with Crippen LogP contribution in [0.5, 0.6) is 0 Å². The van der Waals surface area contributed by atoms with Crippen molar-refractivity contribution in [1.29, 1.82) is 0 Å². The molecule has 0 bridgehead atoms. The van der Waals surface area contributed by atoms with Gasteiger partial charge in [0, 0.05) is 15.4 Å². The fourth-order valence-corrected chi connectivity index (χ4v) is 5.99. The van der Waals surface area contributed by atoms with E-state index in [1.807, 2.05) is 6.07 Å². The number of anilines is 1. The monoisotopic (exact) mass is 580 g/mol. The first kappa shape index (κ1) is 22.3. The van der Waals surface area contributed by atoms with Gasteiger partial charge in [-0.25, -0.2) is 0 Å². The van der Waals surface area contributed by atoms with Gasteiger partial charge in [0.25, 0.3) is 0 Å². The second kappa shape index (κ2) is 9.44. The van der Waals surface area contributed by atoms with Crippen LogP contribution in [0.2, 0.25) is 0 Å². The molecule has 2 nitrogen and oxygen atoms in total. The Morgan fingerprint density at radius 1 is 0.657 bits per heavy atom. The zero-order valence-electron chi connectivity index (χ0n) is 18.9. The standard InChI is InChI=1S/C31H22Br2N2/c32-28-18-14-21-8-4-6-12-25(21)27(28)17-16-23-20-30(35(34-23)24-10-2-1-3-11-24)31-26-13-7-5-9-22(26)15-19-29(31)33/h1-19,30H,20H2/b17-16+. The summed E-state index contributed by atoms with van der Waals surface area (Å²) in [5.74, 6) is 0. The molecule has 6 rings (SSSR count). The van der Waals surface area contributed by atoms with Crippen LogP contribution in [0.25, 0.3) is 27.6 Å². The van der Waals surface area contributed by atoms with E-state index in [0.717, 1.165) is 26.8 Å². The molecule has 170 valence electrons. The number of hydrazone groups is 1. The molecule has 1 heterocycles. The minimum atomic E-state index is 0.0912. The molecule has 0 saturated carbocycles. The lowest BCUT2D eigenvalue weighted by molar-refractivity contribution is 0.711. The van der Waals surface area contributed by atoms with E-state index in [1.165, 1.54) is 32.7 Å². The molecule has 0 aromatic heterocycles. The van der Waals surface area contributed by atoms with Crippen molar-refractivity contribution in [2.75, 3.05) is 5.01 Å². The molecular formula is C31H22Br2N2. The highest BCUT2D eigenvalue weighted by Crippen LogP contribution is 2.42. The van der Waals surface area contributed by atoms with Crippen LogP contribution in [-0.2, 0) is 0 Å². The Bertz CT molecular complexity index is 1610. The second-order valence-corrected chi connectivity index (χ2v) is 10.4. The third-order valence-electron chi connectivity index (χ3n) is 6.57. The van der Waals surface area contributed by atoms with Gasteiger partial charge in [0.2, 0.25) is 0 Å². The largest absolute Gasteiger partial charge is 0.257 e. The van der Waals surface area contributed by atoms with E-state index < -0.39 is 0 Å². The van der Waals surface area contributed by atoms with E-state index in [9.17, 15) is 0 Å². The molecule has 1 aliphatic rings. The molecule has 1 atom stereocenters. The topological polar surface area (TPSA) is 15.6 Å². The third-order valence-corrected chi connectivity index (χ3v) is 7.95. The summed E-state index contributed by atoms with van der Waals surface area (Å²) in [5, 5.41) is 12.2. The van der Waals surface area contributed by atoms with Gasteiger partial charge in [0.05, 0.1) is 17.4 Å². The smallest absolute Gasteiger partial charge is 0.0848 e. The zero-order chi connectivity index (χ0) is 23.8. The molecule has 5 aromatic carbocycles. The Morgan fingerprint density at radius 2 is 1.29 bits per heavy atom. The lowest BCUT2D eigenvalue weighted by atomic mass is 9.95. The van der Waals surface area contributed by atoms with Crippen LogP contribution in [0.1, 0.15) is 23.6 Å². The quantitative estimate of drug-likeness (QED) is 0.206. The molecule has 0 radical (unpaired) electrons. The minimum absolute atomic E-state index is 0.0912. The number of nitrogens with zero attached hydrogens (tertiary/aromatic N) is 2. The van der Waals surface area contributed by atoms with Crippen molar-refractivity contribution >= 4 is 70.9 Å². The molecule has 35 heavy (non-hydrogen) atoms. The maximum absolute atomic E-state index is 5.12. The number of allylic oxidation sites excluding steroid dienone is 1. The minimum Gasteiger partial charge on any atom is -0.257 e. The Morgan fingerprint density at radius 3 is 2.06 bits per heavy atom. The highest BCUT2D eigenvalue weighted by Gasteiger charge is 2.31. The van der Waals surface area contributed by atoms with Crippen molar-refractivity contribution in [3.05, 3.63) is 129 Å². The number of benzene rings is 5. The average molecular weight is 582 g/mol. The van der Waals surface area contributed by atoms with Crippen LogP contribution in [0.4, 0.5) is 5.69 Å².